The molecule has 0 fully saturated rings. The number of nitrogen functional groups attached to an aromatic ring is 1. The molecule has 4 N–H and O–H groups in total. The summed E-state index contributed by atoms with van der Waals surface area (Å²) in [5, 5.41) is 25.3. The zero-order valence-corrected chi connectivity index (χ0v) is 7.51. The molecular weight excluding hydrogens is 172 g/mol. The van der Waals surface area contributed by atoms with Crippen molar-refractivity contribution in [2.45, 2.75) is 13.5 Å². The smallest absolute Gasteiger partial charge is 0.165 e. The standard InChI is InChI=1S/C7H14N4O2/c1-7(4-12,5-13)3-11-2-6(8)9-10-11/h2,12-13H,3-5,8H2,1H3. The van der Waals surface area contributed by atoms with Crippen molar-refractivity contribution < 1.29 is 10.2 Å². The molecule has 0 aliphatic heterocycles. The van der Waals surface area contributed by atoms with Crippen LogP contribution in [0.1, 0.15) is 6.92 Å². The number of nitrogens with zero attached hydrogens (tertiary/aromatic N) is 3. The molecule has 0 atom stereocenters. The van der Waals surface area contributed by atoms with Gasteiger partial charge in [-0.15, -0.1) is 5.10 Å². The van der Waals surface area contributed by atoms with Gasteiger partial charge in [-0.2, -0.15) is 0 Å². The van der Waals surface area contributed by atoms with Crippen molar-refractivity contribution in [2.75, 3.05) is 18.9 Å². The van der Waals surface area contributed by atoms with Crippen LogP contribution in [0.4, 0.5) is 5.82 Å². The van der Waals surface area contributed by atoms with E-state index in [2.05, 4.69) is 10.3 Å². The molecule has 0 saturated heterocycles. The van der Waals surface area contributed by atoms with Crippen molar-refractivity contribution in [3.05, 3.63) is 6.20 Å². The molecule has 0 unspecified atom stereocenters. The highest BCUT2D eigenvalue weighted by Crippen LogP contribution is 2.16. The van der Waals surface area contributed by atoms with E-state index in [-0.39, 0.29) is 13.2 Å². The van der Waals surface area contributed by atoms with E-state index < -0.39 is 5.41 Å². The van der Waals surface area contributed by atoms with Crippen LogP contribution in [0.25, 0.3) is 0 Å². The van der Waals surface area contributed by atoms with Crippen LogP contribution in [0, 0.1) is 5.41 Å². The largest absolute Gasteiger partial charge is 0.396 e. The van der Waals surface area contributed by atoms with Crippen molar-refractivity contribution in [3.8, 4) is 0 Å². The Bertz CT molecular complexity index is 269. The van der Waals surface area contributed by atoms with Gasteiger partial charge >= 0.3 is 0 Å². The van der Waals surface area contributed by atoms with Gasteiger partial charge in [-0.1, -0.05) is 12.1 Å². The molecular formula is C7H14N4O2. The first kappa shape index (κ1) is 9.94. The Morgan fingerprint density at radius 1 is 1.54 bits per heavy atom. The van der Waals surface area contributed by atoms with Gasteiger partial charge in [0.15, 0.2) is 5.82 Å². The maximum Gasteiger partial charge on any atom is 0.165 e. The molecule has 0 spiro atoms. The lowest BCUT2D eigenvalue weighted by Gasteiger charge is -2.23. The number of nitrogens with two attached hydrogens (primary N) is 1. The summed E-state index contributed by atoms with van der Waals surface area (Å²) in [6, 6.07) is 0. The number of aliphatic hydroxyl groups excluding tert-OH is 2. The van der Waals surface area contributed by atoms with Gasteiger partial charge in [0, 0.05) is 5.41 Å². The zero-order chi connectivity index (χ0) is 9.90. The van der Waals surface area contributed by atoms with Gasteiger partial charge < -0.3 is 15.9 Å². The van der Waals surface area contributed by atoms with Crippen molar-refractivity contribution in [3.63, 3.8) is 0 Å². The fraction of sp³-hybridized carbons (Fsp3) is 0.714. The van der Waals surface area contributed by atoms with Gasteiger partial charge in [-0.3, -0.25) is 0 Å². The lowest BCUT2D eigenvalue weighted by atomic mass is 9.93. The van der Waals surface area contributed by atoms with Crippen LogP contribution in [0.5, 0.6) is 0 Å². The summed E-state index contributed by atoms with van der Waals surface area (Å²) in [7, 11) is 0. The van der Waals surface area contributed by atoms with Crippen molar-refractivity contribution in [1.29, 1.82) is 0 Å². The number of hydrogen-bond donors (Lipinski definition) is 3. The van der Waals surface area contributed by atoms with Gasteiger partial charge in [0.1, 0.15) is 0 Å². The van der Waals surface area contributed by atoms with E-state index >= 15 is 0 Å². The molecule has 0 aromatic carbocycles. The Labute approximate surface area is 76.0 Å². The number of hydrogen-bond acceptors (Lipinski definition) is 5. The van der Waals surface area contributed by atoms with Crippen LogP contribution in [-0.4, -0.2) is 38.4 Å². The molecule has 0 bridgehead atoms. The summed E-state index contributed by atoms with van der Waals surface area (Å²) in [4.78, 5) is 0. The van der Waals surface area contributed by atoms with Gasteiger partial charge in [-0.25, -0.2) is 4.68 Å². The van der Waals surface area contributed by atoms with E-state index in [1.54, 1.807) is 13.1 Å². The normalized spacial score (nSPS) is 11.9. The molecule has 1 aromatic heterocycles. The molecule has 6 heteroatoms. The summed E-state index contributed by atoms with van der Waals surface area (Å²) in [6.07, 6.45) is 1.56. The maximum atomic E-state index is 9.00. The highest BCUT2D eigenvalue weighted by Gasteiger charge is 2.23. The third kappa shape index (κ3) is 2.40. The molecule has 13 heavy (non-hydrogen) atoms. The fourth-order valence-electron chi connectivity index (χ4n) is 0.932. The summed E-state index contributed by atoms with van der Waals surface area (Å²) < 4.78 is 1.50. The van der Waals surface area contributed by atoms with E-state index in [1.165, 1.54) is 4.68 Å². The molecule has 0 radical (unpaired) electrons. The molecule has 1 heterocycles. The summed E-state index contributed by atoms with van der Waals surface area (Å²) in [5.41, 5.74) is 4.78. The minimum Gasteiger partial charge on any atom is -0.396 e. The monoisotopic (exact) mass is 186 g/mol. The van der Waals surface area contributed by atoms with Gasteiger partial charge in [0.2, 0.25) is 0 Å². The van der Waals surface area contributed by atoms with Crippen molar-refractivity contribution >= 4 is 5.82 Å². The molecule has 0 saturated carbocycles. The van der Waals surface area contributed by atoms with E-state index in [0.717, 1.165) is 0 Å². The fourth-order valence-corrected chi connectivity index (χ4v) is 0.932. The van der Waals surface area contributed by atoms with E-state index in [0.29, 0.717) is 12.4 Å². The zero-order valence-electron chi connectivity index (χ0n) is 7.51. The molecule has 6 nitrogen and oxygen atoms in total. The number of aliphatic hydroxyl groups is 2. The van der Waals surface area contributed by atoms with E-state index in [9.17, 15) is 0 Å². The first-order valence-electron chi connectivity index (χ1n) is 3.97. The average Bonchev–Trinajstić information content (AvgIpc) is 2.51. The Morgan fingerprint density at radius 3 is 2.54 bits per heavy atom. The van der Waals surface area contributed by atoms with Crippen molar-refractivity contribution in [2.24, 2.45) is 5.41 Å². The quantitative estimate of drug-likeness (QED) is 0.551. The highest BCUT2D eigenvalue weighted by molar-refractivity contribution is 5.19. The molecule has 1 rings (SSSR count). The van der Waals surface area contributed by atoms with Gasteiger partial charge in [-0.05, 0) is 0 Å². The molecule has 74 valence electrons. The third-order valence-corrected chi connectivity index (χ3v) is 1.86. The van der Waals surface area contributed by atoms with Crippen LogP contribution in [-0.2, 0) is 6.54 Å². The summed E-state index contributed by atoms with van der Waals surface area (Å²) in [6.45, 7) is 1.93. The van der Waals surface area contributed by atoms with Crippen LogP contribution in [0.2, 0.25) is 0 Å². The van der Waals surface area contributed by atoms with Gasteiger partial charge in [0.25, 0.3) is 0 Å². The highest BCUT2D eigenvalue weighted by atomic mass is 16.3. The molecule has 0 amide bonds. The van der Waals surface area contributed by atoms with Gasteiger partial charge in [0.05, 0.1) is 26.0 Å². The first-order valence-corrected chi connectivity index (χ1v) is 3.97. The minimum atomic E-state index is -0.583. The second-order valence-corrected chi connectivity index (χ2v) is 3.47. The maximum absolute atomic E-state index is 9.00. The van der Waals surface area contributed by atoms with Crippen LogP contribution in [0.3, 0.4) is 0 Å². The van der Waals surface area contributed by atoms with E-state index in [4.69, 9.17) is 15.9 Å². The Hall–Kier alpha value is -1.14. The second kappa shape index (κ2) is 3.71. The second-order valence-electron chi connectivity index (χ2n) is 3.47. The average molecular weight is 186 g/mol. The Kier molecular flexibility index (Phi) is 2.84. The Balaban J connectivity index is 2.67. The lowest BCUT2D eigenvalue weighted by Crippen LogP contribution is -2.31. The topological polar surface area (TPSA) is 97.2 Å². The first-order chi connectivity index (χ1) is 6.09. The van der Waals surface area contributed by atoms with Crippen molar-refractivity contribution in [1.82, 2.24) is 15.0 Å². The SMILES string of the molecule is CC(CO)(CO)Cn1cc(N)nn1. The number of aromatic nitrogens is 3. The molecule has 0 aliphatic rings. The predicted molar refractivity (Wildman–Crippen MR) is 46.7 cm³/mol. The van der Waals surface area contributed by atoms with Crippen LogP contribution in [0.15, 0.2) is 6.20 Å². The lowest BCUT2D eigenvalue weighted by molar-refractivity contribution is 0.0519. The Morgan fingerprint density at radius 2 is 2.15 bits per heavy atom. The molecule has 0 aliphatic carbocycles. The predicted octanol–water partition coefficient (Wildman–Crippen LogP) is -1.15. The number of rotatable bonds is 4. The third-order valence-electron chi connectivity index (χ3n) is 1.86. The number of anilines is 1. The van der Waals surface area contributed by atoms with E-state index in [1.807, 2.05) is 0 Å². The molecule has 1 aromatic rings. The van der Waals surface area contributed by atoms with Crippen LogP contribution < -0.4 is 5.73 Å². The summed E-state index contributed by atoms with van der Waals surface area (Å²) in [5.74, 6) is 0.332. The minimum absolute atomic E-state index is 0.108. The summed E-state index contributed by atoms with van der Waals surface area (Å²) >= 11 is 0. The van der Waals surface area contributed by atoms with Crippen LogP contribution >= 0.6 is 0 Å².